The lowest BCUT2D eigenvalue weighted by atomic mass is 9.97. The fraction of sp³-hybridized carbons (Fsp3) is 0. The highest BCUT2D eigenvalue weighted by atomic mass is 32.1. The van der Waals surface area contributed by atoms with Crippen molar-refractivity contribution in [3.63, 3.8) is 0 Å². The molecule has 0 saturated heterocycles. The van der Waals surface area contributed by atoms with Gasteiger partial charge >= 0.3 is 0 Å². The minimum Gasteiger partial charge on any atom is -0.456 e. The van der Waals surface area contributed by atoms with Crippen LogP contribution in [-0.4, -0.2) is 9.38 Å². The molecule has 0 amide bonds. The van der Waals surface area contributed by atoms with E-state index in [9.17, 15) is 4.79 Å². The van der Waals surface area contributed by atoms with Gasteiger partial charge in [-0.1, -0.05) is 108 Å². The Hall–Kier alpha value is -5.52. The molecule has 0 aliphatic carbocycles. The summed E-state index contributed by atoms with van der Waals surface area (Å²) in [5, 5.41) is 2.84. The maximum atomic E-state index is 14.2. The molecule has 0 bridgehead atoms. The van der Waals surface area contributed by atoms with E-state index in [1.807, 2.05) is 78.9 Å². The van der Waals surface area contributed by atoms with Crippen molar-refractivity contribution in [2.24, 2.45) is 0 Å². The van der Waals surface area contributed by atoms with Gasteiger partial charge in [0.1, 0.15) is 11.2 Å². The van der Waals surface area contributed by atoms with Gasteiger partial charge in [-0.25, -0.2) is 9.38 Å². The van der Waals surface area contributed by atoms with E-state index >= 15 is 0 Å². The quantitative estimate of drug-likeness (QED) is 0.212. The molecule has 0 saturated carbocycles. The molecule has 0 atom stereocenters. The summed E-state index contributed by atoms with van der Waals surface area (Å²) in [5.74, 6) is 0. The van der Waals surface area contributed by atoms with Crippen LogP contribution in [0.5, 0.6) is 0 Å². The SMILES string of the molecule is O=c1c2ccc(-c3cccc4oc5ccccc5c34)cc2sc2nc3c(-c4ccccc4)cc(-c4ccccc4)cc3n12. The smallest absolute Gasteiger partial charge is 0.266 e. The van der Waals surface area contributed by atoms with Crippen LogP contribution in [0.25, 0.3) is 81.4 Å². The molecular formula is C38H22N2O2S. The Bertz CT molecular complexity index is 2580. The van der Waals surface area contributed by atoms with Gasteiger partial charge in [0.2, 0.25) is 0 Å². The maximum absolute atomic E-state index is 14.2. The molecule has 4 nitrogen and oxygen atoms in total. The number of imidazole rings is 1. The van der Waals surface area contributed by atoms with Crippen molar-refractivity contribution in [3.8, 4) is 33.4 Å². The lowest BCUT2D eigenvalue weighted by molar-refractivity contribution is 0.669. The molecule has 0 unspecified atom stereocenters. The first-order valence-electron chi connectivity index (χ1n) is 14.2. The Morgan fingerprint density at radius 1 is 0.581 bits per heavy atom. The number of aromatic nitrogens is 2. The van der Waals surface area contributed by atoms with Gasteiger partial charge in [-0.2, -0.15) is 0 Å². The third-order valence-corrected chi connectivity index (χ3v) is 9.27. The van der Waals surface area contributed by atoms with Crippen LogP contribution < -0.4 is 5.56 Å². The Kier molecular flexibility index (Phi) is 5.18. The van der Waals surface area contributed by atoms with Crippen LogP contribution in [0, 0.1) is 0 Å². The van der Waals surface area contributed by atoms with Crippen LogP contribution >= 0.6 is 11.3 Å². The zero-order valence-electron chi connectivity index (χ0n) is 22.8. The summed E-state index contributed by atoms with van der Waals surface area (Å²) in [6.45, 7) is 0. The van der Waals surface area contributed by atoms with Crippen LogP contribution in [0.1, 0.15) is 0 Å². The van der Waals surface area contributed by atoms with Gasteiger partial charge in [0, 0.05) is 21.0 Å². The van der Waals surface area contributed by atoms with Crippen LogP contribution in [0.15, 0.2) is 143 Å². The van der Waals surface area contributed by atoms with E-state index in [0.29, 0.717) is 10.3 Å². The Morgan fingerprint density at radius 2 is 1.33 bits per heavy atom. The highest BCUT2D eigenvalue weighted by Crippen LogP contribution is 2.39. The predicted octanol–water partition coefficient (Wildman–Crippen LogP) is 9.96. The summed E-state index contributed by atoms with van der Waals surface area (Å²) in [4.78, 5) is 19.9. The molecule has 0 aliphatic heterocycles. The summed E-state index contributed by atoms with van der Waals surface area (Å²) >= 11 is 1.55. The number of nitrogens with zero attached hydrogens (tertiary/aromatic N) is 2. The van der Waals surface area contributed by atoms with Crippen molar-refractivity contribution in [1.29, 1.82) is 0 Å². The lowest BCUT2D eigenvalue weighted by Crippen LogP contribution is -2.11. The maximum Gasteiger partial charge on any atom is 0.266 e. The molecule has 3 heterocycles. The number of para-hydroxylation sites is 1. The first-order chi connectivity index (χ1) is 21.2. The molecule has 9 aromatic rings. The van der Waals surface area contributed by atoms with E-state index in [4.69, 9.17) is 9.40 Å². The van der Waals surface area contributed by atoms with Crippen molar-refractivity contribution in [1.82, 2.24) is 9.38 Å². The van der Waals surface area contributed by atoms with Crippen molar-refractivity contribution in [2.45, 2.75) is 0 Å². The molecule has 5 heteroatoms. The third-order valence-electron chi connectivity index (χ3n) is 8.25. The Morgan fingerprint density at radius 3 is 2.16 bits per heavy atom. The predicted molar refractivity (Wildman–Crippen MR) is 178 cm³/mol. The molecule has 202 valence electrons. The van der Waals surface area contributed by atoms with Crippen molar-refractivity contribution >= 4 is 59.4 Å². The summed E-state index contributed by atoms with van der Waals surface area (Å²) in [6.07, 6.45) is 0. The second-order valence-electron chi connectivity index (χ2n) is 10.7. The lowest BCUT2D eigenvalue weighted by Gasteiger charge is -2.08. The zero-order valence-corrected chi connectivity index (χ0v) is 23.6. The van der Waals surface area contributed by atoms with E-state index < -0.39 is 0 Å². The number of hydrogen-bond donors (Lipinski definition) is 0. The van der Waals surface area contributed by atoms with Crippen LogP contribution in [0.4, 0.5) is 0 Å². The van der Waals surface area contributed by atoms with E-state index in [0.717, 1.165) is 71.1 Å². The molecule has 0 radical (unpaired) electrons. The summed E-state index contributed by atoms with van der Waals surface area (Å²) < 4.78 is 8.83. The first-order valence-corrected chi connectivity index (χ1v) is 15.0. The third kappa shape index (κ3) is 3.69. The van der Waals surface area contributed by atoms with Gasteiger partial charge in [0.15, 0.2) is 4.96 Å². The Labute approximate surface area is 249 Å². The van der Waals surface area contributed by atoms with Crippen LogP contribution in [-0.2, 0) is 0 Å². The van der Waals surface area contributed by atoms with Gasteiger partial charge in [-0.05, 0) is 64.2 Å². The molecule has 6 aromatic carbocycles. The minimum absolute atomic E-state index is 0.0611. The normalized spacial score (nSPS) is 11.8. The number of furan rings is 1. The van der Waals surface area contributed by atoms with Gasteiger partial charge in [0.05, 0.1) is 16.4 Å². The second kappa shape index (κ2) is 9.24. The topological polar surface area (TPSA) is 47.5 Å². The van der Waals surface area contributed by atoms with Gasteiger partial charge < -0.3 is 4.42 Å². The summed E-state index contributed by atoms with van der Waals surface area (Å²) in [6, 6.07) is 45.2. The average Bonchev–Trinajstić information content (AvgIpc) is 3.63. The number of rotatable bonds is 3. The molecule has 43 heavy (non-hydrogen) atoms. The van der Waals surface area contributed by atoms with Gasteiger partial charge in [0.25, 0.3) is 5.56 Å². The van der Waals surface area contributed by atoms with Crippen molar-refractivity contribution in [2.75, 3.05) is 0 Å². The fourth-order valence-corrected chi connectivity index (χ4v) is 7.30. The standard InChI is InChI=1S/C38H22N2O2S/c41-37-29-19-18-25(27-15-9-17-33-35(27)28-14-7-8-16-32(28)42-33)22-34(29)43-38-39-36-30(24-12-5-2-6-13-24)20-26(21-31(36)40(37)38)23-10-3-1-4-11-23/h1-22H. The van der Waals surface area contributed by atoms with Crippen LogP contribution in [0.2, 0.25) is 0 Å². The second-order valence-corrected chi connectivity index (χ2v) is 11.8. The highest BCUT2D eigenvalue weighted by molar-refractivity contribution is 7.23. The number of benzene rings is 6. The monoisotopic (exact) mass is 570 g/mol. The van der Waals surface area contributed by atoms with Crippen molar-refractivity contribution < 1.29 is 4.42 Å². The largest absolute Gasteiger partial charge is 0.456 e. The molecule has 0 fully saturated rings. The number of fused-ring (bicyclic) bond motifs is 7. The molecule has 3 aromatic heterocycles. The molecule has 0 spiro atoms. The van der Waals surface area contributed by atoms with E-state index in [1.165, 1.54) is 0 Å². The molecular weight excluding hydrogens is 548 g/mol. The average molecular weight is 571 g/mol. The van der Waals surface area contributed by atoms with Gasteiger partial charge in [-0.15, -0.1) is 0 Å². The first kappa shape index (κ1) is 24.1. The van der Waals surface area contributed by atoms with E-state index in [2.05, 4.69) is 54.6 Å². The highest BCUT2D eigenvalue weighted by Gasteiger charge is 2.18. The Balaban J connectivity index is 1.31. The summed E-state index contributed by atoms with van der Waals surface area (Å²) in [5.41, 5.74) is 9.64. The van der Waals surface area contributed by atoms with E-state index in [1.54, 1.807) is 15.7 Å². The zero-order chi connectivity index (χ0) is 28.5. The van der Waals surface area contributed by atoms with Gasteiger partial charge in [-0.3, -0.25) is 4.79 Å². The molecule has 0 N–H and O–H groups in total. The van der Waals surface area contributed by atoms with Crippen molar-refractivity contribution in [3.05, 3.63) is 144 Å². The fourth-order valence-electron chi connectivity index (χ4n) is 6.24. The summed E-state index contributed by atoms with van der Waals surface area (Å²) in [7, 11) is 0. The number of hydrogen-bond acceptors (Lipinski definition) is 4. The molecule has 0 aliphatic rings. The van der Waals surface area contributed by atoms with E-state index in [-0.39, 0.29) is 5.56 Å². The van der Waals surface area contributed by atoms with Crippen LogP contribution in [0.3, 0.4) is 0 Å². The molecule has 9 rings (SSSR count). The minimum atomic E-state index is -0.0611.